The molecule has 0 radical (unpaired) electrons. The molecule has 1 saturated heterocycles. The van der Waals surface area contributed by atoms with E-state index in [4.69, 9.17) is 9.73 Å². The van der Waals surface area contributed by atoms with Crippen LogP contribution in [0.25, 0.3) is 0 Å². The van der Waals surface area contributed by atoms with Crippen LogP contribution in [0.2, 0.25) is 0 Å². The molecule has 2 N–H and O–H groups in total. The van der Waals surface area contributed by atoms with E-state index in [9.17, 15) is 4.39 Å². The van der Waals surface area contributed by atoms with Crippen LogP contribution >= 0.6 is 24.0 Å². The predicted molar refractivity (Wildman–Crippen MR) is 130 cm³/mol. The summed E-state index contributed by atoms with van der Waals surface area (Å²) in [6, 6.07) is 7.26. The molecule has 1 aromatic rings. The Balaban J connectivity index is 0.00000420. The van der Waals surface area contributed by atoms with E-state index in [0.717, 1.165) is 63.6 Å². The number of ether oxygens (including phenoxy) is 1. The first-order valence-electron chi connectivity index (χ1n) is 10.5. The average Bonchev–Trinajstić information content (AvgIpc) is 2.68. The monoisotopic (exact) mass is 520 g/mol. The Morgan fingerprint density at radius 1 is 1.31 bits per heavy atom. The zero-order chi connectivity index (χ0) is 20.4. The summed E-state index contributed by atoms with van der Waals surface area (Å²) in [4.78, 5) is 7.32. The quantitative estimate of drug-likeness (QED) is 0.225. The van der Waals surface area contributed by atoms with Crippen LogP contribution in [0.15, 0.2) is 29.3 Å². The Hall–Kier alpha value is -0.930. The van der Waals surface area contributed by atoms with Crippen molar-refractivity contribution in [3.8, 4) is 0 Å². The molecular formula is C22H38FIN4O. The molecule has 0 bridgehead atoms. The van der Waals surface area contributed by atoms with E-state index in [1.165, 1.54) is 6.07 Å². The van der Waals surface area contributed by atoms with E-state index >= 15 is 0 Å². The summed E-state index contributed by atoms with van der Waals surface area (Å²) in [5, 5.41) is 6.95. The highest BCUT2D eigenvalue weighted by molar-refractivity contribution is 14.0. The maximum atomic E-state index is 13.6. The summed E-state index contributed by atoms with van der Waals surface area (Å²) in [5.41, 5.74) is 0.742. The Kier molecular flexibility index (Phi) is 12.1. The summed E-state index contributed by atoms with van der Waals surface area (Å²) in [7, 11) is 1.76. The zero-order valence-electron chi connectivity index (χ0n) is 18.3. The number of hydrogen-bond donors (Lipinski definition) is 2. The van der Waals surface area contributed by atoms with Crippen molar-refractivity contribution < 1.29 is 9.13 Å². The predicted octanol–water partition coefficient (Wildman–Crippen LogP) is 3.78. The molecule has 1 aromatic carbocycles. The molecule has 0 saturated carbocycles. The molecule has 2 rings (SSSR count). The van der Waals surface area contributed by atoms with Crippen LogP contribution in [0.3, 0.4) is 0 Å². The molecule has 0 spiro atoms. The fraction of sp³-hybridized carbons (Fsp3) is 0.682. The second-order valence-electron chi connectivity index (χ2n) is 8.20. The van der Waals surface area contributed by atoms with Gasteiger partial charge in [-0.1, -0.05) is 26.0 Å². The normalized spacial score (nSPS) is 16.4. The molecule has 29 heavy (non-hydrogen) atoms. The summed E-state index contributed by atoms with van der Waals surface area (Å²) in [5.74, 6) is 0.654. The van der Waals surface area contributed by atoms with Gasteiger partial charge in [0.05, 0.1) is 6.54 Å². The molecule has 0 unspecified atom stereocenters. The lowest BCUT2D eigenvalue weighted by Crippen LogP contribution is -2.49. The minimum atomic E-state index is -0.227. The number of rotatable bonds is 9. The number of benzene rings is 1. The van der Waals surface area contributed by atoms with E-state index < -0.39 is 0 Å². The number of nitrogens with zero attached hydrogens (tertiary/aromatic N) is 2. The summed E-state index contributed by atoms with van der Waals surface area (Å²) in [6.07, 6.45) is 3.32. The van der Waals surface area contributed by atoms with E-state index in [-0.39, 0.29) is 35.2 Å². The van der Waals surface area contributed by atoms with Crippen LogP contribution in [0.4, 0.5) is 4.39 Å². The van der Waals surface area contributed by atoms with Crippen LogP contribution in [0.1, 0.15) is 45.6 Å². The SMILES string of the molecule is CCNC(=NCC(C)(C)c1cccc(F)c1)NC1CCN(CCCOC)CC1.I. The second kappa shape index (κ2) is 13.4. The van der Waals surface area contributed by atoms with Gasteiger partial charge in [-0.25, -0.2) is 4.39 Å². The van der Waals surface area contributed by atoms with Crippen molar-refractivity contribution in [1.82, 2.24) is 15.5 Å². The lowest BCUT2D eigenvalue weighted by molar-refractivity contribution is 0.155. The molecule has 1 fully saturated rings. The largest absolute Gasteiger partial charge is 0.385 e. The fourth-order valence-electron chi connectivity index (χ4n) is 3.52. The summed E-state index contributed by atoms with van der Waals surface area (Å²) in [6.45, 7) is 11.9. The summed E-state index contributed by atoms with van der Waals surface area (Å²) >= 11 is 0. The third-order valence-electron chi connectivity index (χ3n) is 5.33. The van der Waals surface area contributed by atoms with Gasteiger partial charge in [0, 0.05) is 51.4 Å². The number of guanidine groups is 1. The number of aliphatic imine (C=N–C) groups is 1. The van der Waals surface area contributed by atoms with Gasteiger partial charge in [0.15, 0.2) is 5.96 Å². The molecule has 1 heterocycles. The molecule has 0 atom stereocenters. The first-order valence-corrected chi connectivity index (χ1v) is 10.5. The molecule has 5 nitrogen and oxygen atoms in total. The Labute approximate surface area is 192 Å². The van der Waals surface area contributed by atoms with Gasteiger partial charge in [-0.05, 0) is 43.9 Å². The van der Waals surface area contributed by atoms with Crippen molar-refractivity contribution in [2.45, 2.75) is 51.5 Å². The maximum absolute atomic E-state index is 13.6. The average molecular weight is 520 g/mol. The van der Waals surface area contributed by atoms with Crippen LogP contribution in [-0.4, -0.2) is 63.3 Å². The Morgan fingerprint density at radius 3 is 2.66 bits per heavy atom. The zero-order valence-corrected chi connectivity index (χ0v) is 20.7. The van der Waals surface area contributed by atoms with Gasteiger partial charge < -0.3 is 20.3 Å². The minimum absolute atomic E-state index is 0. The lowest BCUT2D eigenvalue weighted by atomic mass is 9.85. The molecule has 1 aliphatic heterocycles. The molecule has 0 aliphatic carbocycles. The van der Waals surface area contributed by atoms with E-state index in [0.29, 0.717) is 12.6 Å². The van der Waals surface area contributed by atoms with Gasteiger partial charge in [0.25, 0.3) is 0 Å². The van der Waals surface area contributed by atoms with Crippen LogP contribution < -0.4 is 10.6 Å². The Morgan fingerprint density at radius 2 is 2.03 bits per heavy atom. The highest BCUT2D eigenvalue weighted by Crippen LogP contribution is 2.24. The van der Waals surface area contributed by atoms with Crippen molar-refractivity contribution in [2.75, 3.05) is 46.4 Å². The minimum Gasteiger partial charge on any atom is -0.385 e. The number of piperidine rings is 1. The van der Waals surface area contributed by atoms with Gasteiger partial charge >= 0.3 is 0 Å². The van der Waals surface area contributed by atoms with Gasteiger partial charge in [-0.3, -0.25) is 4.99 Å². The molecule has 1 aliphatic rings. The van der Waals surface area contributed by atoms with Gasteiger partial charge in [-0.15, -0.1) is 24.0 Å². The Bertz CT molecular complexity index is 619. The molecule has 7 heteroatoms. The van der Waals surface area contributed by atoms with Crippen molar-refractivity contribution in [3.05, 3.63) is 35.6 Å². The third-order valence-corrected chi connectivity index (χ3v) is 5.33. The highest BCUT2D eigenvalue weighted by Gasteiger charge is 2.23. The number of likely N-dealkylation sites (tertiary alicyclic amines) is 1. The van der Waals surface area contributed by atoms with Crippen LogP contribution in [0, 0.1) is 5.82 Å². The first kappa shape index (κ1) is 26.1. The molecule has 166 valence electrons. The van der Waals surface area contributed by atoms with Gasteiger partial charge in [0.2, 0.25) is 0 Å². The standard InChI is InChI=1S/C22H37FN4O.HI/c1-5-24-21(25-17-22(2,3)18-8-6-9-19(23)16-18)26-20-10-13-27(14-11-20)12-7-15-28-4;/h6,8-9,16,20H,5,7,10-15,17H2,1-4H3,(H2,24,25,26);1H. The third kappa shape index (κ3) is 9.17. The highest BCUT2D eigenvalue weighted by atomic mass is 127. The van der Waals surface area contributed by atoms with E-state index in [1.54, 1.807) is 19.2 Å². The molecule has 0 aromatic heterocycles. The van der Waals surface area contributed by atoms with Crippen molar-refractivity contribution in [1.29, 1.82) is 0 Å². The first-order chi connectivity index (χ1) is 13.4. The van der Waals surface area contributed by atoms with Crippen molar-refractivity contribution in [3.63, 3.8) is 0 Å². The fourth-order valence-corrected chi connectivity index (χ4v) is 3.52. The lowest BCUT2D eigenvalue weighted by Gasteiger charge is -2.33. The van der Waals surface area contributed by atoms with Crippen molar-refractivity contribution in [2.24, 2.45) is 4.99 Å². The van der Waals surface area contributed by atoms with E-state index in [1.807, 2.05) is 6.07 Å². The van der Waals surface area contributed by atoms with Crippen LogP contribution in [-0.2, 0) is 10.2 Å². The number of methoxy groups -OCH3 is 1. The van der Waals surface area contributed by atoms with Gasteiger partial charge in [-0.2, -0.15) is 0 Å². The molecular weight excluding hydrogens is 482 g/mol. The second-order valence-corrected chi connectivity index (χ2v) is 8.20. The number of nitrogens with one attached hydrogen (secondary N) is 2. The maximum Gasteiger partial charge on any atom is 0.191 e. The molecule has 0 amide bonds. The van der Waals surface area contributed by atoms with Crippen LogP contribution in [0.5, 0.6) is 0 Å². The van der Waals surface area contributed by atoms with Crippen molar-refractivity contribution >= 4 is 29.9 Å². The van der Waals surface area contributed by atoms with Gasteiger partial charge in [0.1, 0.15) is 5.82 Å². The summed E-state index contributed by atoms with van der Waals surface area (Å²) < 4.78 is 18.7. The number of halogens is 2. The smallest absolute Gasteiger partial charge is 0.191 e. The van der Waals surface area contributed by atoms with E-state index in [2.05, 4.69) is 36.3 Å². The number of hydrogen-bond acceptors (Lipinski definition) is 3. The topological polar surface area (TPSA) is 48.9 Å².